The Labute approximate surface area is 190 Å². The summed E-state index contributed by atoms with van der Waals surface area (Å²) in [5.74, 6) is 0.466. The van der Waals surface area contributed by atoms with Gasteiger partial charge in [0.25, 0.3) is 0 Å². The molecule has 4 heterocycles. The molecule has 2 aromatic heterocycles. The van der Waals surface area contributed by atoms with Gasteiger partial charge in [-0.1, -0.05) is 12.8 Å². The van der Waals surface area contributed by atoms with Crippen LogP contribution in [0.4, 0.5) is 5.95 Å². The van der Waals surface area contributed by atoms with Crippen molar-refractivity contribution in [1.29, 1.82) is 0 Å². The fraction of sp³-hybridized carbons (Fsp3) is 0.583. The first-order valence-electron chi connectivity index (χ1n) is 11.8. The second kappa shape index (κ2) is 10.8. The summed E-state index contributed by atoms with van der Waals surface area (Å²) in [6.45, 7) is 7.03. The number of ether oxygens (including phenoxy) is 1. The normalized spacial score (nSPS) is 20.2. The molecule has 1 atom stereocenters. The Bertz CT molecular complexity index is 896. The van der Waals surface area contributed by atoms with E-state index >= 15 is 0 Å². The number of hydrogen-bond donors (Lipinski definition) is 1. The lowest BCUT2D eigenvalue weighted by Crippen LogP contribution is -2.42. The van der Waals surface area contributed by atoms with E-state index in [-0.39, 0.29) is 18.0 Å². The molecular formula is C24H34N6O2. The minimum atomic E-state index is -0.230. The summed E-state index contributed by atoms with van der Waals surface area (Å²) < 4.78 is 6.01. The Hall–Kier alpha value is -2.58. The van der Waals surface area contributed by atoms with Crippen LogP contribution in [0, 0.1) is 6.92 Å². The lowest BCUT2D eigenvalue weighted by Gasteiger charge is -2.33. The quantitative estimate of drug-likeness (QED) is 0.740. The fourth-order valence-electron chi connectivity index (χ4n) is 4.54. The van der Waals surface area contributed by atoms with Crippen molar-refractivity contribution in [2.75, 3.05) is 45.1 Å². The zero-order valence-corrected chi connectivity index (χ0v) is 19.0. The van der Waals surface area contributed by atoms with Crippen LogP contribution in [-0.4, -0.2) is 70.0 Å². The minimum Gasteiger partial charge on any atom is -0.368 e. The Balaban J connectivity index is 1.36. The van der Waals surface area contributed by atoms with Crippen LogP contribution in [0.5, 0.6) is 0 Å². The molecule has 4 rings (SSSR count). The molecule has 8 heteroatoms. The molecule has 0 spiro atoms. The summed E-state index contributed by atoms with van der Waals surface area (Å²) in [7, 11) is 0. The second-order valence-electron chi connectivity index (χ2n) is 8.81. The average Bonchev–Trinajstić information content (AvgIpc) is 3.08. The average molecular weight is 439 g/mol. The highest BCUT2D eigenvalue weighted by Gasteiger charge is 2.26. The zero-order valence-electron chi connectivity index (χ0n) is 19.0. The van der Waals surface area contributed by atoms with E-state index in [2.05, 4.69) is 14.9 Å². The molecule has 2 saturated heterocycles. The van der Waals surface area contributed by atoms with Gasteiger partial charge in [0.1, 0.15) is 6.10 Å². The lowest BCUT2D eigenvalue weighted by molar-refractivity contribution is -0.139. The third kappa shape index (κ3) is 6.01. The summed E-state index contributed by atoms with van der Waals surface area (Å²) >= 11 is 0. The third-order valence-corrected chi connectivity index (χ3v) is 6.29. The lowest BCUT2D eigenvalue weighted by atomic mass is 10.1. The zero-order chi connectivity index (χ0) is 22.3. The molecule has 0 aromatic carbocycles. The standard InChI is InChI=1S/C24H34N6O2/c1-18-13-19(20-15-26-24(25)27-16-20)14-21(28-18)22-17-30(11-12-32-22)23(31)7-6-10-29-8-4-2-3-5-9-29/h13-16,22H,2-12,17H2,1H3,(H2,25,26,27). The van der Waals surface area contributed by atoms with E-state index in [4.69, 9.17) is 15.5 Å². The number of rotatable bonds is 6. The van der Waals surface area contributed by atoms with Crippen molar-refractivity contribution in [3.63, 3.8) is 0 Å². The maximum atomic E-state index is 12.9. The van der Waals surface area contributed by atoms with E-state index < -0.39 is 0 Å². The van der Waals surface area contributed by atoms with Crippen LogP contribution in [0.15, 0.2) is 24.5 Å². The van der Waals surface area contributed by atoms with Gasteiger partial charge in [0.2, 0.25) is 11.9 Å². The van der Waals surface area contributed by atoms with E-state index in [1.54, 1.807) is 12.4 Å². The van der Waals surface area contributed by atoms with E-state index in [1.165, 1.54) is 38.8 Å². The van der Waals surface area contributed by atoms with Crippen molar-refractivity contribution in [3.8, 4) is 11.1 Å². The topological polar surface area (TPSA) is 97.5 Å². The van der Waals surface area contributed by atoms with E-state index in [0.29, 0.717) is 26.1 Å². The Morgan fingerprint density at radius 2 is 1.84 bits per heavy atom. The first-order valence-corrected chi connectivity index (χ1v) is 11.8. The van der Waals surface area contributed by atoms with Crippen LogP contribution in [0.25, 0.3) is 11.1 Å². The Kier molecular flexibility index (Phi) is 7.65. The number of morpholine rings is 1. The van der Waals surface area contributed by atoms with Gasteiger partial charge in [0, 0.05) is 36.6 Å². The van der Waals surface area contributed by atoms with Crippen LogP contribution in [-0.2, 0) is 9.53 Å². The van der Waals surface area contributed by atoms with E-state index in [9.17, 15) is 4.79 Å². The molecular weight excluding hydrogens is 404 g/mol. The first-order chi connectivity index (χ1) is 15.6. The van der Waals surface area contributed by atoms with Crippen LogP contribution in [0.2, 0.25) is 0 Å². The summed E-state index contributed by atoms with van der Waals surface area (Å²) in [5.41, 5.74) is 9.18. The molecule has 2 N–H and O–H groups in total. The van der Waals surface area contributed by atoms with Crippen LogP contribution in [0.3, 0.4) is 0 Å². The number of hydrogen-bond acceptors (Lipinski definition) is 7. The summed E-state index contributed by atoms with van der Waals surface area (Å²) in [5, 5.41) is 0. The van der Waals surface area contributed by atoms with Crippen LogP contribution >= 0.6 is 0 Å². The molecule has 0 saturated carbocycles. The SMILES string of the molecule is Cc1cc(-c2cnc(N)nc2)cc(C2CN(C(=O)CCCN3CCCCCC3)CCO2)n1. The number of nitrogens with two attached hydrogens (primary N) is 1. The van der Waals surface area contributed by atoms with E-state index in [1.807, 2.05) is 24.0 Å². The van der Waals surface area contributed by atoms with Crippen molar-refractivity contribution in [1.82, 2.24) is 24.8 Å². The van der Waals surface area contributed by atoms with Gasteiger partial charge < -0.3 is 20.3 Å². The smallest absolute Gasteiger partial charge is 0.222 e. The molecule has 2 aliphatic heterocycles. The number of aromatic nitrogens is 3. The van der Waals surface area contributed by atoms with Gasteiger partial charge >= 0.3 is 0 Å². The molecule has 32 heavy (non-hydrogen) atoms. The number of carbonyl (C=O) groups is 1. The van der Waals surface area contributed by atoms with E-state index in [0.717, 1.165) is 35.5 Å². The molecule has 1 amide bonds. The molecule has 0 aliphatic carbocycles. The van der Waals surface area contributed by atoms with Gasteiger partial charge in [-0.05, 0) is 63.5 Å². The molecule has 2 fully saturated rings. The molecule has 0 radical (unpaired) electrons. The molecule has 2 aromatic rings. The van der Waals surface area contributed by atoms with Crippen molar-refractivity contribution in [2.45, 2.75) is 51.6 Å². The number of amides is 1. The largest absolute Gasteiger partial charge is 0.368 e. The Morgan fingerprint density at radius 1 is 1.09 bits per heavy atom. The number of carbonyl (C=O) groups excluding carboxylic acids is 1. The summed E-state index contributed by atoms with van der Waals surface area (Å²) in [4.78, 5) is 30.2. The number of aryl methyl sites for hydroxylation is 1. The van der Waals surface area contributed by atoms with Crippen molar-refractivity contribution in [2.24, 2.45) is 0 Å². The highest BCUT2D eigenvalue weighted by molar-refractivity contribution is 5.76. The summed E-state index contributed by atoms with van der Waals surface area (Å²) in [6, 6.07) is 3.99. The number of likely N-dealkylation sites (tertiary alicyclic amines) is 1. The van der Waals surface area contributed by atoms with Crippen molar-refractivity contribution >= 4 is 11.9 Å². The van der Waals surface area contributed by atoms with Gasteiger partial charge in [-0.2, -0.15) is 0 Å². The number of nitrogens with zero attached hydrogens (tertiary/aromatic N) is 5. The molecule has 1 unspecified atom stereocenters. The van der Waals surface area contributed by atoms with Crippen molar-refractivity contribution < 1.29 is 9.53 Å². The molecule has 0 bridgehead atoms. The van der Waals surface area contributed by atoms with Gasteiger partial charge in [0.05, 0.1) is 18.8 Å². The van der Waals surface area contributed by atoms with Gasteiger partial charge in [-0.3, -0.25) is 9.78 Å². The fourth-order valence-corrected chi connectivity index (χ4v) is 4.54. The highest BCUT2D eigenvalue weighted by Crippen LogP contribution is 2.27. The third-order valence-electron chi connectivity index (χ3n) is 6.29. The predicted molar refractivity (Wildman–Crippen MR) is 124 cm³/mol. The number of pyridine rings is 1. The first kappa shape index (κ1) is 22.6. The molecule has 172 valence electrons. The van der Waals surface area contributed by atoms with Gasteiger partial charge in [-0.15, -0.1) is 0 Å². The highest BCUT2D eigenvalue weighted by atomic mass is 16.5. The Morgan fingerprint density at radius 3 is 2.59 bits per heavy atom. The maximum Gasteiger partial charge on any atom is 0.222 e. The molecule has 8 nitrogen and oxygen atoms in total. The summed E-state index contributed by atoms with van der Waals surface area (Å²) in [6.07, 6.45) is 9.95. The van der Waals surface area contributed by atoms with Gasteiger partial charge in [-0.25, -0.2) is 9.97 Å². The predicted octanol–water partition coefficient (Wildman–Crippen LogP) is 2.99. The maximum absolute atomic E-state index is 12.9. The number of anilines is 1. The minimum absolute atomic E-state index is 0.216. The monoisotopic (exact) mass is 438 g/mol. The second-order valence-corrected chi connectivity index (χ2v) is 8.81. The number of nitrogen functional groups attached to an aromatic ring is 1. The van der Waals surface area contributed by atoms with Gasteiger partial charge in [0.15, 0.2) is 0 Å². The van der Waals surface area contributed by atoms with Crippen LogP contribution < -0.4 is 5.73 Å². The van der Waals surface area contributed by atoms with Crippen LogP contribution in [0.1, 0.15) is 56.0 Å². The van der Waals surface area contributed by atoms with Crippen molar-refractivity contribution in [3.05, 3.63) is 35.9 Å². The molecule has 2 aliphatic rings.